The van der Waals surface area contributed by atoms with Gasteiger partial charge in [-0.05, 0) is 38.4 Å². The van der Waals surface area contributed by atoms with E-state index in [1.54, 1.807) is 0 Å². The van der Waals surface area contributed by atoms with E-state index >= 15 is 0 Å². The van der Waals surface area contributed by atoms with Gasteiger partial charge in [-0.2, -0.15) is 0 Å². The maximum atomic E-state index is 5.97. The fraction of sp³-hybridized carbons (Fsp3) is 0.467. The van der Waals surface area contributed by atoms with Crippen molar-refractivity contribution >= 4 is 11.0 Å². The van der Waals surface area contributed by atoms with Gasteiger partial charge in [0.15, 0.2) is 0 Å². The number of likely N-dealkylation sites (tertiary alicyclic amines) is 1. The van der Waals surface area contributed by atoms with E-state index in [2.05, 4.69) is 24.0 Å². The van der Waals surface area contributed by atoms with Gasteiger partial charge in [0, 0.05) is 18.0 Å². The summed E-state index contributed by atoms with van der Waals surface area (Å²) in [5, 5.41) is 1.16. The zero-order valence-electron chi connectivity index (χ0n) is 10.8. The van der Waals surface area contributed by atoms with Gasteiger partial charge in [0.05, 0.1) is 6.04 Å². The molecule has 2 aromatic rings. The second-order valence-electron chi connectivity index (χ2n) is 5.17. The highest BCUT2D eigenvalue weighted by Gasteiger charge is 2.29. The Hall–Kier alpha value is -1.32. The molecule has 18 heavy (non-hydrogen) atoms. The van der Waals surface area contributed by atoms with Gasteiger partial charge in [0.2, 0.25) is 0 Å². The summed E-state index contributed by atoms with van der Waals surface area (Å²) in [6.07, 6.45) is 2.52. The van der Waals surface area contributed by atoms with E-state index in [1.807, 2.05) is 18.2 Å². The van der Waals surface area contributed by atoms with Crippen LogP contribution in [0.2, 0.25) is 0 Å². The highest BCUT2D eigenvalue weighted by atomic mass is 16.3. The predicted molar refractivity (Wildman–Crippen MR) is 73.4 cm³/mol. The largest absolute Gasteiger partial charge is 0.459 e. The summed E-state index contributed by atoms with van der Waals surface area (Å²) in [5.74, 6) is 1.01. The molecule has 2 heterocycles. The molecule has 0 saturated carbocycles. The summed E-state index contributed by atoms with van der Waals surface area (Å²) in [5.41, 5.74) is 6.92. The van der Waals surface area contributed by atoms with Gasteiger partial charge in [-0.3, -0.25) is 4.90 Å². The second kappa shape index (κ2) is 4.75. The van der Waals surface area contributed by atoms with E-state index < -0.39 is 0 Å². The third kappa shape index (κ3) is 1.93. The highest BCUT2D eigenvalue weighted by Crippen LogP contribution is 2.31. The molecule has 96 valence electrons. The first-order valence-electron chi connectivity index (χ1n) is 6.74. The van der Waals surface area contributed by atoms with E-state index in [-0.39, 0.29) is 6.04 Å². The molecule has 2 N–H and O–H groups in total. The van der Waals surface area contributed by atoms with Crippen molar-refractivity contribution in [2.24, 2.45) is 5.73 Å². The molecule has 3 nitrogen and oxygen atoms in total. The number of benzene rings is 1. The maximum absolute atomic E-state index is 5.97. The Morgan fingerprint density at radius 3 is 2.94 bits per heavy atom. The van der Waals surface area contributed by atoms with Gasteiger partial charge in [-0.15, -0.1) is 0 Å². The third-order valence-electron chi connectivity index (χ3n) is 4.00. The molecule has 1 aromatic carbocycles. The summed E-state index contributed by atoms with van der Waals surface area (Å²) >= 11 is 0. The number of fused-ring (bicyclic) bond motifs is 1. The minimum absolute atomic E-state index is 0.217. The molecule has 0 spiro atoms. The summed E-state index contributed by atoms with van der Waals surface area (Å²) in [7, 11) is 0. The SMILES string of the molecule is CC1CCCN1C(CN)c1cc2ccccc2o1. The van der Waals surface area contributed by atoms with Crippen molar-refractivity contribution in [2.45, 2.75) is 31.8 Å². The molecule has 0 bridgehead atoms. The minimum atomic E-state index is 0.217. The first-order chi connectivity index (χ1) is 8.79. The summed E-state index contributed by atoms with van der Waals surface area (Å²) < 4.78 is 5.96. The molecular weight excluding hydrogens is 224 g/mol. The van der Waals surface area contributed by atoms with Gasteiger partial charge in [0.25, 0.3) is 0 Å². The van der Waals surface area contributed by atoms with Crippen molar-refractivity contribution in [3.63, 3.8) is 0 Å². The van der Waals surface area contributed by atoms with Gasteiger partial charge in [-0.1, -0.05) is 18.2 Å². The molecule has 0 radical (unpaired) electrons. The summed E-state index contributed by atoms with van der Waals surface area (Å²) in [6, 6.07) is 11.1. The molecule has 1 aliphatic heterocycles. The summed E-state index contributed by atoms with van der Waals surface area (Å²) in [6.45, 7) is 4.02. The quantitative estimate of drug-likeness (QED) is 0.902. The zero-order chi connectivity index (χ0) is 12.5. The standard InChI is InChI=1S/C15H20N2O/c1-11-5-4-8-17(11)13(10-16)15-9-12-6-2-3-7-14(12)18-15/h2-3,6-7,9,11,13H,4-5,8,10,16H2,1H3. The Bertz CT molecular complexity index is 501. The van der Waals surface area contributed by atoms with E-state index in [0.29, 0.717) is 12.6 Å². The molecule has 0 amide bonds. The molecule has 1 saturated heterocycles. The predicted octanol–water partition coefficient (Wildman–Crippen LogP) is 2.92. The lowest BCUT2D eigenvalue weighted by Crippen LogP contribution is -2.35. The Labute approximate surface area is 108 Å². The lowest BCUT2D eigenvalue weighted by atomic mass is 10.1. The molecule has 1 aliphatic rings. The Balaban J connectivity index is 1.95. The lowest BCUT2D eigenvalue weighted by Gasteiger charge is -2.28. The molecule has 1 aromatic heterocycles. The Morgan fingerprint density at radius 2 is 2.28 bits per heavy atom. The van der Waals surface area contributed by atoms with Crippen LogP contribution in [0.1, 0.15) is 31.6 Å². The Morgan fingerprint density at radius 1 is 1.44 bits per heavy atom. The molecular formula is C15H20N2O. The maximum Gasteiger partial charge on any atom is 0.134 e. The smallest absolute Gasteiger partial charge is 0.134 e. The molecule has 3 heteroatoms. The van der Waals surface area contributed by atoms with Crippen molar-refractivity contribution in [3.8, 4) is 0 Å². The average molecular weight is 244 g/mol. The van der Waals surface area contributed by atoms with Crippen LogP contribution in [-0.4, -0.2) is 24.0 Å². The number of hydrogen-bond acceptors (Lipinski definition) is 3. The first-order valence-corrected chi connectivity index (χ1v) is 6.74. The van der Waals surface area contributed by atoms with Crippen LogP contribution in [0.4, 0.5) is 0 Å². The van der Waals surface area contributed by atoms with Crippen molar-refractivity contribution in [1.29, 1.82) is 0 Å². The minimum Gasteiger partial charge on any atom is -0.459 e. The number of nitrogens with zero attached hydrogens (tertiary/aromatic N) is 1. The number of hydrogen-bond donors (Lipinski definition) is 1. The van der Waals surface area contributed by atoms with E-state index in [0.717, 1.165) is 23.3 Å². The van der Waals surface area contributed by atoms with Crippen LogP contribution in [0, 0.1) is 0 Å². The summed E-state index contributed by atoms with van der Waals surface area (Å²) in [4.78, 5) is 2.47. The Kier molecular flexibility index (Phi) is 3.10. The fourth-order valence-electron chi connectivity index (χ4n) is 3.00. The number of rotatable bonds is 3. The van der Waals surface area contributed by atoms with E-state index in [4.69, 9.17) is 10.2 Å². The normalized spacial score (nSPS) is 22.7. The van der Waals surface area contributed by atoms with Gasteiger partial charge in [-0.25, -0.2) is 0 Å². The number of para-hydroxylation sites is 1. The monoisotopic (exact) mass is 244 g/mol. The average Bonchev–Trinajstić information content (AvgIpc) is 2.97. The van der Waals surface area contributed by atoms with E-state index in [1.165, 1.54) is 12.8 Å². The van der Waals surface area contributed by atoms with Gasteiger partial charge < -0.3 is 10.2 Å². The molecule has 1 fully saturated rings. The van der Waals surface area contributed by atoms with Crippen LogP contribution in [0.3, 0.4) is 0 Å². The van der Waals surface area contributed by atoms with Crippen LogP contribution < -0.4 is 5.73 Å². The lowest BCUT2D eigenvalue weighted by molar-refractivity contribution is 0.175. The molecule has 0 aliphatic carbocycles. The third-order valence-corrected chi connectivity index (χ3v) is 4.00. The fourth-order valence-corrected chi connectivity index (χ4v) is 3.00. The second-order valence-corrected chi connectivity index (χ2v) is 5.17. The number of furan rings is 1. The topological polar surface area (TPSA) is 42.4 Å². The van der Waals surface area contributed by atoms with Gasteiger partial charge >= 0.3 is 0 Å². The van der Waals surface area contributed by atoms with Crippen LogP contribution in [0.15, 0.2) is 34.7 Å². The highest BCUT2D eigenvalue weighted by molar-refractivity contribution is 5.77. The number of nitrogens with two attached hydrogens (primary N) is 1. The van der Waals surface area contributed by atoms with Gasteiger partial charge in [0.1, 0.15) is 11.3 Å². The molecule has 3 rings (SSSR count). The van der Waals surface area contributed by atoms with Crippen molar-refractivity contribution in [3.05, 3.63) is 36.1 Å². The van der Waals surface area contributed by atoms with Crippen molar-refractivity contribution in [1.82, 2.24) is 4.90 Å². The zero-order valence-corrected chi connectivity index (χ0v) is 10.8. The molecule has 2 atom stereocenters. The van der Waals surface area contributed by atoms with Crippen LogP contribution in [0.5, 0.6) is 0 Å². The van der Waals surface area contributed by atoms with Crippen molar-refractivity contribution < 1.29 is 4.42 Å². The van der Waals surface area contributed by atoms with E-state index in [9.17, 15) is 0 Å². The molecule has 2 unspecified atom stereocenters. The van der Waals surface area contributed by atoms with Crippen molar-refractivity contribution in [2.75, 3.05) is 13.1 Å². The first kappa shape index (κ1) is 11.8. The van der Waals surface area contributed by atoms with Crippen LogP contribution in [-0.2, 0) is 0 Å². The van der Waals surface area contributed by atoms with Crippen LogP contribution >= 0.6 is 0 Å². The van der Waals surface area contributed by atoms with Crippen LogP contribution in [0.25, 0.3) is 11.0 Å².